The number of nitrogens with zero attached hydrogens (tertiary/aromatic N) is 2. The third kappa shape index (κ3) is 7.10. The van der Waals surface area contributed by atoms with Gasteiger partial charge in [0.1, 0.15) is 11.5 Å². The Kier molecular flexibility index (Phi) is 7.14. The van der Waals surface area contributed by atoms with Crippen LogP contribution in [0.15, 0.2) is 18.2 Å². The smallest absolute Gasteiger partial charge is 0.410 e. The van der Waals surface area contributed by atoms with Crippen LogP contribution in [0.2, 0.25) is 0 Å². The summed E-state index contributed by atoms with van der Waals surface area (Å²) >= 11 is 0. The van der Waals surface area contributed by atoms with Crippen molar-refractivity contribution in [3.8, 4) is 11.5 Å². The van der Waals surface area contributed by atoms with Crippen LogP contribution in [0.4, 0.5) is 9.59 Å². The number of hydrogen-bond acceptors (Lipinski definition) is 6. The zero-order valence-electron chi connectivity index (χ0n) is 16.4. The van der Waals surface area contributed by atoms with E-state index < -0.39 is 12.2 Å². The van der Waals surface area contributed by atoms with Gasteiger partial charge in [-0.15, -0.1) is 0 Å². The lowest BCUT2D eigenvalue weighted by Gasteiger charge is -2.20. The molecule has 26 heavy (non-hydrogen) atoms. The predicted molar refractivity (Wildman–Crippen MR) is 98.0 cm³/mol. The van der Waals surface area contributed by atoms with Gasteiger partial charge in [0.2, 0.25) is 0 Å². The second-order valence-electron chi connectivity index (χ2n) is 7.24. The van der Waals surface area contributed by atoms with Gasteiger partial charge in [-0.2, -0.15) is 0 Å². The Morgan fingerprint density at radius 1 is 0.885 bits per heavy atom. The molecule has 0 fully saturated rings. The molecule has 0 saturated heterocycles. The van der Waals surface area contributed by atoms with Gasteiger partial charge >= 0.3 is 12.2 Å². The number of carbonyl (C=O) groups excluding carboxylic acids is 3. The molecule has 0 aliphatic heterocycles. The average Bonchev–Trinajstić information content (AvgIpc) is 2.51. The van der Waals surface area contributed by atoms with Crippen molar-refractivity contribution >= 4 is 18.0 Å². The molecule has 8 nitrogen and oxygen atoms in total. The Morgan fingerprint density at radius 3 is 1.65 bits per heavy atom. The van der Waals surface area contributed by atoms with E-state index in [1.165, 1.54) is 56.2 Å². The summed E-state index contributed by atoms with van der Waals surface area (Å²) in [4.78, 5) is 38.5. The van der Waals surface area contributed by atoms with Crippen LogP contribution in [-0.4, -0.2) is 68.0 Å². The van der Waals surface area contributed by atoms with Gasteiger partial charge < -0.3 is 24.6 Å². The highest BCUT2D eigenvalue weighted by Crippen LogP contribution is 2.24. The maximum atomic E-state index is 12.5. The molecule has 2 amide bonds. The van der Waals surface area contributed by atoms with Crippen LogP contribution >= 0.6 is 0 Å². The van der Waals surface area contributed by atoms with E-state index in [9.17, 15) is 14.4 Å². The molecule has 144 valence electrons. The van der Waals surface area contributed by atoms with Crippen molar-refractivity contribution in [3.05, 3.63) is 23.8 Å². The summed E-state index contributed by atoms with van der Waals surface area (Å²) in [7, 11) is 6.16. The van der Waals surface area contributed by atoms with Crippen molar-refractivity contribution in [2.45, 2.75) is 26.3 Å². The first kappa shape index (κ1) is 21.4. The van der Waals surface area contributed by atoms with E-state index in [4.69, 9.17) is 9.47 Å². The minimum Gasteiger partial charge on any atom is -0.410 e. The number of ketones is 1. The van der Waals surface area contributed by atoms with E-state index in [0.717, 1.165) is 0 Å². The first-order valence-electron chi connectivity index (χ1n) is 8.10. The summed E-state index contributed by atoms with van der Waals surface area (Å²) < 4.78 is 10.4. The van der Waals surface area contributed by atoms with E-state index >= 15 is 0 Å². The Labute approximate surface area is 154 Å². The van der Waals surface area contributed by atoms with E-state index in [-0.39, 0.29) is 34.9 Å². The molecule has 0 radical (unpaired) electrons. The molecule has 0 aromatic heterocycles. The topological polar surface area (TPSA) is 88.2 Å². The highest BCUT2D eigenvalue weighted by Gasteiger charge is 2.17. The zero-order chi connectivity index (χ0) is 20.1. The van der Waals surface area contributed by atoms with E-state index in [1.54, 1.807) is 0 Å². The van der Waals surface area contributed by atoms with Gasteiger partial charge in [0.15, 0.2) is 5.78 Å². The molecule has 0 unspecified atom stereocenters. The van der Waals surface area contributed by atoms with Gasteiger partial charge in [-0.1, -0.05) is 0 Å². The van der Waals surface area contributed by atoms with E-state index in [1.807, 2.05) is 20.8 Å². The van der Waals surface area contributed by atoms with Gasteiger partial charge in [-0.3, -0.25) is 4.79 Å². The summed E-state index contributed by atoms with van der Waals surface area (Å²) in [6.45, 7) is 5.93. The normalized spacial score (nSPS) is 10.9. The second kappa shape index (κ2) is 8.66. The first-order chi connectivity index (χ1) is 11.9. The molecular formula is C18H27N3O5. The lowest BCUT2D eigenvalue weighted by Crippen LogP contribution is -2.39. The van der Waals surface area contributed by atoms with Crippen LogP contribution in [0, 0.1) is 0 Å². The predicted octanol–water partition coefficient (Wildman–Crippen LogP) is 2.38. The minimum absolute atomic E-state index is 0.0929. The number of Topliss-reactive ketones (excluding diaryl/α,β-unsaturated/α-hetero) is 1. The van der Waals surface area contributed by atoms with E-state index in [0.29, 0.717) is 0 Å². The van der Waals surface area contributed by atoms with Crippen LogP contribution in [0.1, 0.15) is 31.1 Å². The Hall–Kier alpha value is -2.61. The molecular weight excluding hydrogens is 338 g/mol. The number of nitrogens with one attached hydrogen (secondary N) is 1. The average molecular weight is 365 g/mol. The highest BCUT2D eigenvalue weighted by molar-refractivity contribution is 5.98. The van der Waals surface area contributed by atoms with Gasteiger partial charge in [0, 0.05) is 45.4 Å². The summed E-state index contributed by atoms with van der Waals surface area (Å²) in [5.74, 6) is 0.0172. The number of carbonyl (C=O) groups is 3. The quantitative estimate of drug-likeness (QED) is 0.806. The van der Waals surface area contributed by atoms with Crippen molar-refractivity contribution in [1.29, 1.82) is 0 Å². The molecule has 1 aromatic carbocycles. The Balaban J connectivity index is 3.12. The fourth-order valence-electron chi connectivity index (χ4n) is 1.68. The molecule has 0 spiro atoms. The minimum atomic E-state index is -0.604. The molecule has 1 aromatic rings. The van der Waals surface area contributed by atoms with Gasteiger partial charge in [0.25, 0.3) is 0 Å². The van der Waals surface area contributed by atoms with E-state index in [2.05, 4.69) is 5.32 Å². The fraction of sp³-hybridized carbons (Fsp3) is 0.500. The van der Waals surface area contributed by atoms with Crippen molar-refractivity contribution < 1.29 is 23.9 Å². The number of amides is 2. The highest BCUT2D eigenvalue weighted by atomic mass is 16.6. The zero-order valence-corrected chi connectivity index (χ0v) is 16.4. The SMILES string of the molecule is CN(C)C(=O)Oc1cc(OC(=O)N(C)C)cc(C(=O)CNC(C)(C)C)c1. The molecule has 1 rings (SSSR count). The molecule has 0 aliphatic rings. The van der Waals surface area contributed by atoms with Gasteiger partial charge in [-0.05, 0) is 32.9 Å². The molecule has 8 heteroatoms. The Bertz CT molecular complexity index is 638. The molecule has 0 atom stereocenters. The number of hydrogen-bond donors (Lipinski definition) is 1. The first-order valence-corrected chi connectivity index (χ1v) is 8.10. The largest absolute Gasteiger partial charge is 0.414 e. The Morgan fingerprint density at radius 2 is 1.31 bits per heavy atom. The number of benzene rings is 1. The van der Waals surface area contributed by atoms with Crippen molar-refractivity contribution in [3.63, 3.8) is 0 Å². The van der Waals surface area contributed by atoms with Crippen LogP contribution < -0.4 is 14.8 Å². The van der Waals surface area contributed by atoms with Gasteiger partial charge in [0.05, 0.1) is 6.54 Å². The molecule has 1 N–H and O–H groups in total. The molecule has 0 heterocycles. The van der Waals surface area contributed by atoms with Gasteiger partial charge in [-0.25, -0.2) is 9.59 Å². The second-order valence-corrected chi connectivity index (χ2v) is 7.24. The van der Waals surface area contributed by atoms with Crippen LogP contribution in [-0.2, 0) is 0 Å². The number of rotatable bonds is 5. The van der Waals surface area contributed by atoms with Crippen molar-refractivity contribution in [2.75, 3.05) is 34.7 Å². The third-order valence-corrected chi connectivity index (χ3v) is 3.12. The monoisotopic (exact) mass is 365 g/mol. The lowest BCUT2D eigenvalue weighted by molar-refractivity contribution is 0.0980. The standard InChI is InChI=1S/C18H27N3O5/c1-18(2,3)19-11-15(22)12-8-13(25-16(23)20(4)5)10-14(9-12)26-17(24)21(6)7/h8-10,19H,11H2,1-7H3. The van der Waals surface area contributed by atoms with Crippen LogP contribution in [0.3, 0.4) is 0 Å². The molecule has 0 saturated carbocycles. The van der Waals surface area contributed by atoms with Crippen molar-refractivity contribution in [2.24, 2.45) is 0 Å². The number of ether oxygens (including phenoxy) is 2. The van der Waals surface area contributed by atoms with Crippen molar-refractivity contribution in [1.82, 2.24) is 15.1 Å². The van der Waals surface area contributed by atoms with Crippen LogP contribution in [0.25, 0.3) is 0 Å². The molecule has 0 bridgehead atoms. The summed E-state index contributed by atoms with van der Waals surface area (Å²) in [5, 5.41) is 3.10. The molecule has 0 aliphatic carbocycles. The summed E-state index contributed by atoms with van der Waals surface area (Å²) in [5.41, 5.74) is 0.0394. The summed E-state index contributed by atoms with van der Waals surface area (Å²) in [6, 6.07) is 4.28. The maximum absolute atomic E-state index is 12.5. The summed E-state index contributed by atoms with van der Waals surface area (Å²) in [6.07, 6.45) is -1.21. The lowest BCUT2D eigenvalue weighted by atomic mass is 10.1. The maximum Gasteiger partial charge on any atom is 0.414 e. The third-order valence-electron chi connectivity index (χ3n) is 3.12. The fourth-order valence-corrected chi connectivity index (χ4v) is 1.68. The van der Waals surface area contributed by atoms with Crippen LogP contribution in [0.5, 0.6) is 11.5 Å².